The van der Waals surface area contributed by atoms with Crippen LogP contribution in [-0.2, 0) is 11.2 Å². The largest absolute Gasteiger partial charge is 0.378 e. The van der Waals surface area contributed by atoms with Gasteiger partial charge in [0.15, 0.2) is 0 Å². The molecule has 1 fully saturated rings. The van der Waals surface area contributed by atoms with Crippen molar-refractivity contribution in [3.63, 3.8) is 0 Å². The summed E-state index contributed by atoms with van der Waals surface area (Å²) in [6.45, 7) is 0. The zero-order valence-corrected chi connectivity index (χ0v) is 13.1. The number of rotatable bonds is 6. The number of hydrogen-bond acceptors (Lipinski definition) is 2. The van der Waals surface area contributed by atoms with Gasteiger partial charge in [-0.1, -0.05) is 42.5 Å². The monoisotopic (exact) mass is 283 g/mol. The van der Waals surface area contributed by atoms with Gasteiger partial charge < -0.3 is 10.1 Å². The molecule has 112 valence electrons. The van der Waals surface area contributed by atoms with Crippen molar-refractivity contribution in [2.75, 3.05) is 14.2 Å². The molecule has 1 unspecified atom stereocenters. The van der Waals surface area contributed by atoms with Crippen molar-refractivity contribution in [1.82, 2.24) is 5.32 Å². The minimum absolute atomic E-state index is 0.123. The fraction of sp³-hybridized carbons (Fsp3) is 0.474. The van der Waals surface area contributed by atoms with Crippen LogP contribution < -0.4 is 5.32 Å². The van der Waals surface area contributed by atoms with Gasteiger partial charge in [0.05, 0.1) is 5.60 Å². The summed E-state index contributed by atoms with van der Waals surface area (Å²) in [4.78, 5) is 0. The van der Waals surface area contributed by atoms with Crippen LogP contribution in [0.1, 0.15) is 31.2 Å². The molecule has 0 amide bonds. The van der Waals surface area contributed by atoms with E-state index in [2.05, 4.69) is 54.8 Å². The lowest BCUT2D eigenvalue weighted by atomic mass is 9.75. The van der Waals surface area contributed by atoms with Crippen LogP contribution in [-0.4, -0.2) is 25.8 Å². The maximum absolute atomic E-state index is 5.79. The number of benzene rings is 2. The fourth-order valence-corrected chi connectivity index (χ4v) is 3.52. The molecule has 0 saturated heterocycles. The second-order valence-corrected chi connectivity index (χ2v) is 6.27. The standard InChI is InChI=1S/C19H25NO/c1-20-17(14-19(21-2)11-6-12-19)13-16-9-5-8-15-7-3-4-10-18(15)16/h3-5,7-10,17,20H,6,11-14H2,1-2H3. The Morgan fingerprint density at radius 2 is 1.90 bits per heavy atom. The zero-order valence-electron chi connectivity index (χ0n) is 13.1. The third-order valence-corrected chi connectivity index (χ3v) is 5.07. The molecular weight excluding hydrogens is 258 g/mol. The highest BCUT2D eigenvalue weighted by Gasteiger charge is 2.38. The predicted molar refractivity (Wildman–Crippen MR) is 88.7 cm³/mol. The first-order chi connectivity index (χ1) is 10.3. The van der Waals surface area contributed by atoms with Gasteiger partial charge in [0.1, 0.15) is 0 Å². The molecule has 2 nitrogen and oxygen atoms in total. The number of nitrogens with one attached hydrogen (secondary N) is 1. The Kier molecular flexibility index (Phi) is 4.27. The van der Waals surface area contributed by atoms with E-state index in [1.165, 1.54) is 35.6 Å². The van der Waals surface area contributed by atoms with Gasteiger partial charge in [-0.2, -0.15) is 0 Å². The lowest BCUT2D eigenvalue weighted by Crippen LogP contribution is -2.45. The molecule has 1 N–H and O–H groups in total. The lowest BCUT2D eigenvalue weighted by molar-refractivity contribution is -0.0830. The molecule has 0 heterocycles. The average Bonchev–Trinajstić information content (AvgIpc) is 2.50. The highest BCUT2D eigenvalue weighted by molar-refractivity contribution is 5.85. The smallest absolute Gasteiger partial charge is 0.0693 e. The molecule has 3 rings (SSSR count). The van der Waals surface area contributed by atoms with E-state index in [4.69, 9.17) is 4.74 Å². The van der Waals surface area contributed by atoms with Crippen molar-refractivity contribution < 1.29 is 4.74 Å². The minimum atomic E-state index is 0.123. The van der Waals surface area contributed by atoms with Gasteiger partial charge in [-0.3, -0.25) is 0 Å². The maximum Gasteiger partial charge on any atom is 0.0693 e. The average molecular weight is 283 g/mol. The zero-order chi connectivity index (χ0) is 14.7. The van der Waals surface area contributed by atoms with E-state index in [1.54, 1.807) is 0 Å². The van der Waals surface area contributed by atoms with Gasteiger partial charge in [0, 0.05) is 13.2 Å². The molecule has 1 aliphatic carbocycles. The molecule has 2 heteroatoms. The molecule has 1 atom stereocenters. The number of hydrogen-bond donors (Lipinski definition) is 1. The van der Waals surface area contributed by atoms with Crippen LogP contribution in [0.15, 0.2) is 42.5 Å². The highest BCUT2D eigenvalue weighted by atomic mass is 16.5. The van der Waals surface area contributed by atoms with Gasteiger partial charge in [0.2, 0.25) is 0 Å². The van der Waals surface area contributed by atoms with Crippen LogP contribution in [0.25, 0.3) is 10.8 Å². The third-order valence-electron chi connectivity index (χ3n) is 5.07. The van der Waals surface area contributed by atoms with E-state index >= 15 is 0 Å². The van der Waals surface area contributed by atoms with E-state index < -0.39 is 0 Å². The SMILES string of the molecule is CNC(Cc1cccc2ccccc12)CC1(OC)CCC1. The molecule has 0 aliphatic heterocycles. The number of methoxy groups -OCH3 is 1. The normalized spacial score (nSPS) is 18.4. The summed E-state index contributed by atoms with van der Waals surface area (Å²) in [5.41, 5.74) is 1.55. The maximum atomic E-state index is 5.79. The van der Waals surface area contributed by atoms with Crippen LogP contribution in [0.3, 0.4) is 0 Å². The first kappa shape index (κ1) is 14.6. The van der Waals surface area contributed by atoms with Crippen molar-refractivity contribution in [1.29, 1.82) is 0 Å². The molecular formula is C19H25NO. The van der Waals surface area contributed by atoms with Crippen molar-refractivity contribution in [3.05, 3.63) is 48.0 Å². The number of fused-ring (bicyclic) bond motifs is 1. The van der Waals surface area contributed by atoms with Crippen LogP contribution in [0.4, 0.5) is 0 Å². The summed E-state index contributed by atoms with van der Waals surface area (Å²) in [6.07, 6.45) is 5.87. The first-order valence-corrected chi connectivity index (χ1v) is 7.95. The van der Waals surface area contributed by atoms with Gasteiger partial charge in [0.25, 0.3) is 0 Å². The summed E-state index contributed by atoms with van der Waals surface area (Å²) in [5, 5.41) is 6.20. The third kappa shape index (κ3) is 2.97. The molecule has 21 heavy (non-hydrogen) atoms. The van der Waals surface area contributed by atoms with Crippen molar-refractivity contribution in [2.45, 2.75) is 43.7 Å². The van der Waals surface area contributed by atoms with Gasteiger partial charge in [-0.25, -0.2) is 0 Å². The Balaban J connectivity index is 1.79. The summed E-state index contributed by atoms with van der Waals surface area (Å²) >= 11 is 0. The Bertz CT molecular complexity index is 593. The van der Waals surface area contributed by atoms with Crippen molar-refractivity contribution in [2.24, 2.45) is 0 Å². The molecule has 0 aromatic heterocycles. The molecule has 2 aromatic rings. The molecule has 0 spiro atoms. The Morgan fingerprint density at radius 1 is 1.14 bits per heavy atom. The quantitative estimate of drug-likeness (QED) is 0.867. The van der Waals surface area contributed by atoms with Gasteiger partial charge in [-0.05, 0) is 55.5 Å². The van der Waals surface area contributed by atoms with Crippen LogP contribution in [0, 0.1) is 0 Å². The molecule has 1 aliphatic rings. The van der Waals surface area contributed by atoms with Gasteiger partial charge >= 0.3 is 0 Å². The molecule has 0 radical (unpaired) electrons. The summed E-state index contributed by atoms with van der Waals surface area (Å²) in [7, 11) is 3.93. The summed E-state index contributed by atoms with van der Waals surface area (Å²) in [5.74, 6) is 0. The second kappa shape index (κ2) is 6.17. The Morgan fingerprint density at radius 3 is 2.57 bits per heavy atom. The van der Waals surface area contributed by atoms with E-state index in [0.29, 0.717) is 6.04 Å². The lowest BCUT2D eigenvalue weighted by Gasteiger charge is -2.43. The van der Waals surface area contributed by atoms with Crippen LogP contribution in [0.5, 0.6) is 0 Å². The van der Waals surface area contributed by atoms with Crippen LogP contribution >= 0.6 is 0 Å². The predicted octanol–water partition coefficient (Wildman–Crippen LogP) is 3.93. The number of likely N-dealkylation sites (N-methyl/N-ethyl adjacent to an activating group) is 1. The molecule has 2 aromatic carbocycles. The topological polar surface area (TPSA) is 21.3 Å². The van der Waals surface area contributed by atoms with Crippen LogP contribution in [0.2, 0.25) is 0 Å². The summed E-state index contributed by atoms with van der Waals surface area (Å²) < 4.78 is 5.79. The first-order valence-electron chi connectivity index (χ1n) is 7.95. The minimum Gasteiger partial charge on any atom is -0.378 e. The molecule has 1 saturated carbocycles. The Labute approximate surface area is 127 Å². The molecule has 0 bridgehead atoms. The second-order valence-electron chi connectivity index (χ2n) is 6.27. The fourth-order valence-electron chi connectivity index (χ4n) is 3.52. The van der Waals surface area contributed by atoms with E-state index in [1.807, 2.05) is 7.11 Å². The van der Waals surface area contributed by atoms with E-state index in [0.717, 1.165) is 12.8 Å². The summed E-state index contributed by atoms with van der Waals surface area (Å²) in [6, 6.07) is 15.7. The van der Waals surface area contributed by atoms with E-state index in [9.17, 15) is 0 Å². The van der Waals surface area contributed by atoms with E-state index in [-0.39, 0.29) is 5.60 Å². The number of ether oxygens (including phenoxy) is 1. The van der Waals surface area contributed by atoms with Crippen molar-refractivity contribution in [3.8, 4) is 0 Å². The van der Waals surface area contributed by atoms with Gasteiger partial charge in [-0.15, -0.1) is 0 Å². The Hall–Kier alpha value is -1.38. The highest BCUT2D eigenvalue weighted by Crippen LogP contribution is 2.39. The van der Waals surface area contributed by atoms with Crippen molar-refractivity contribution >= 4 is 10.8 Å².